The van der Waals surface area contributed by atoms with E-state index in [1.165, 1.54) is 37.4 Å². The summed E-state index contributed by atoms with van der Waals surface area (Å²) in [5.41, 5.74) is 0.858. The van der Waals surface area contributed by atoms with Gasteiger partial charge in [0.2, 0.25) is 0 Å². The molecule has 2 N–H and O–H groups in total. The van der Waals surface area contributed by atoms with Crippen LogP contribution >= 0.6 is 11.6 Å². The van der Waals surface area contributed by atoms with Gasteiger partial charge in [-0.1, -0.05) is 11.6 Å². The van der Waals surface area contributed by atoms with Crippen LogP contribution in [0.5, 0.6) is 0 Å². The molecule has 0 saturated heterocycles. The summed E-state index contributed by atoms with van der Waals surface area (Å²) >= 11 is 5.81. The smallest absolute Gasteiger partial charge is 0.355 e. The number of benzene rings is 1. The lowest BCUT2D eigenvalue weighted by Crippen LogP contribution is -2.21. The number of nitriles is 1. The van der Waals surface area contributed by atoms with Gasteiger partial charge < -0.3 is 15.0 Å². The second-order valence-electron chi connectivity index (χ2n) is 4.78. The Hall–Kier alpha value is -3.11. The largest absolute Gasteiger partial charge is 0.451 e. The van der Waals surface area contributed by atoms with Gasteiger partial charge >= 0.3 is 5.97 Å². The van der Waals surface area contributed by atoms with Gasteiger partial charge in [0, 0.05) is 16.8 Å². The number of carbonyl (C=O) groups is 3. The van der Waals surface area contributed by atoms with Crippen molar-refractivity contribution < 1.29 is 19.1 Å². The predicted molar refractivity (Wildman–Crippen MR) is 85.9 cm³/mol. The van der Waals surface area contributed by atoms with Crippen molar-refractivity contribution in [3.63, 3.8) is 0 Å². The lowest BCUT2D eigenvalue weighted by molar-refractivity contribution is -0.119. The molecule has 1 aromatic carbocycles. The van der Waals surface area contributed by atoms with Gasteiger partial charge in [-0.25, -0.2) is 4.79 Å². The van der Waals surface area contributed by atoms with Crippen LogP contribution in [0.15, 0.2) is 30.5 Å². The quantitative estimate of drug-likeness (QED) is 0.638. The number of rotatable bonds is 5. The van der Waals surface area contributed by atoms with Crippen LogP contribution in [0.2, 0.25) is 5.02 Å². The molecule has 1 amide bonds. The molecule has 1 aromatic heterocycles. The van der Waals surface area contributed by atoms with Crippen molar-refractivity contribution in [1.82, 2.24) is 4.98 Å². The highest BCUT2D eigenvalue weighted by Gasteiger charge is 2.14. The number of anilines is 1. The highest BCUT2D eigenvalue weighted by atomic mass is 35.5. The van der Waals surface area contributed by atoms with Crippen molar-refractivity contribution in [3.05, 3.63) is 52.3 Å². The monoisotopic (exact) mass is 345 g/mol. The Bertz CT molecular complexity index is 851. The molecule has 2 aromatic rings. The number of esters is 1. The van der Waals surface area contributed by atoms with E-state index < -0.39 is 18.5 Å². The molecular formula is C16H12ClN3O4. The van der Waals surface area contributed by atoms with Crippen molar-refractivity contribution in [2.24, 2.45) is 0 Å². The van der Waals surface area contributed by atoms with Crippen LogP contribution < -0.4 is 5.32 Å². The maximum absolute atomic E-state index is 11.8. The van der Waals surface area contributed by atoms with E-state index in [-0.39, 0.29) is 22.7 Å². The Morgan fingerprint density at radius 1 is 1.33 bits per heavy atom. The predicted octanol–water partition coefficient (Wildman–Crippen LogP) is 2.54. The van der Waals surface area contributed by atoms with E-state index in [0.717, 1.165) is 0 Å². The number of Topliss-reactive ketones (excluding diaryl/α,β-unsaturated/α-hetero) is 1. The third-order valence-electron chi connectivity index (χ3n) is 3.02. The van der Waals surface area contributed by atoms with Gasteiger partial charge in [0.25, 0.3) is 5.91 Å². The second-order valence-corrected chi connectivity index (χ2v) is 5.22. The first-order valence-electron chi connectivity index (χ1n) is 6.76. The Morgan fingerprint density at radius 3 is 2.71 bits per heavy atom. The maximum atomic E-state index is 11.8. The number of carbonyl (C=O) groups excluding carboxylic acids is 3. The molecule has 0 atom stereocenters. The molecule has 0 fully saturated rings. The topological polar surface area (TPSA) is 112 Å². The summed E-state index contributed by atoms with van der Waals surface area (Å²) in [5.74, 6) is -1.60. The molecular weight excluding hydrogens is 334 g/mol. The molecule has 0 aliphatic carbocycles. The summed E-state index contributed by atoms with van der Waals surface area (Å²) in [6.45, 7) is 0.814. The van der Waals surface area contributed by atoms with Crippen LogP contribution in [0.4, 0.5) is 5.69 Å². The van der Waals surface area contributed by atoms with Gasteiger partial charge in [0.15, 0.2) is 12.4 Å². The number of aromatic amines is 1. The van der Waals surface area contributed by atoms with Crippen molar-refractivity contribution in [1.29, 1.82) is 5.26 Å². The van der Waals surface area contributed by atoms with Gasteiger partial charge in [-0.3, -0.25) is 9.59 Å². The maximum Gasteiger partial charge on any atom is 0.355 e. The highest BCUT2D eigenvalue weighted by molar-refractivity contribution is 6.31. The summed E-state index contributed by atoms with van der Waals surface area (Å²) < 4.78 is 4.85. The van der Waals surface area contributed by atoms with Crippen molar-refractivity contribution in [2.75, 3.05) is 11.9 Å². The molecule has 0 aliphatic rings. The zero-order chi connectivity index (χ0) is 17.7. The van der Waals surface area contributed by atoms with Gasteiger partial charge in [0.1, 0.15) is 11.8 Å². The fraction of sp³-hybridized carbons (Fsp3) is 0.125. The molecule has 1 heterocycles. The van der Waals surface area contributed by atoms with Crippen LogP contribution in [0.3, 0.4) is 0 Å². The number of hydrogen-bond donors (Lipinski definition) is 2. The number of aromatic nitrogens is 1. The SMILES string of the molecule is CC(=O)c1c[nH]c(C(=O)OCC(=O)Nc2cc(Cl)ccc2C#N)c1. The number of nitrogens with one attached hydrogen (secondary N) is 2. The van der Waals surface area contributed by atoms with E-state index in [9.17, 15) is 14.4 Å². The van der Waals surface area contributed by atoms with Gasteiger partial charge in [-0.15, -0.1) is 0 Å². The number of H-pyrrole nitrogens is 1. The first kappa shape index (κ1) is 17.2. The number of ketones is 1. The van der Waals surface area contributed by atoms with E-state index in [1.807, 2.05) is 6.07 Å². The van der Waals surface area contributed by atoms with Gasteiger partial charge in [-0.2, -0.15) is 5.26 Å². The number of ether oxygens (including phenoxy) is 1. The lowest BCUT2D eigenvalue weighted by atomic mass is 10.2. The molecule has 8 heteroatoms. The minimum atomic E-state index is -0.774. The third-order valence-corrected chi connectivity index (χ3v) is 3.26. The van der Waals surface area contributed by atoms with Gasteiger partial charge in [-0.05, 0) is 31.2 Å². The van der Waals surface area contributed by atoms with Crippen LogP contribution in [-0.4, -0.2) is 29.3 Å². The number of nitrogens with zero attached hydrogens (tertiary/aromatic N) is 1. The Kier molecular flexibility index (Phi) is 5.35. The Balaban J connectivity index is 1.96. The fourth-order valence-electron chi connectivity index (χ4n) is 1.83. The molecule has 0 radical (unpaired) electrons. The third kappa shape index (κ3) is 4.21. The van der Waals surface area contributed by atoms with Crippen molar-refractivity contribution >= 4 is 34.9 Å². The summed E-state index contributed by atoms with van der Waals surface area (Å²) in [5, 5.41) is 11.8. The molecule has 7 nitrogen and oxygen atoms in total. The molecule has 0 saturated carbocycles. The van der Waals surface area contributed by atoms with Crippen LogP contribution in [0.25, 0.3) is 0 Å². The van der Waals surface area contributed by atoms with Crippen molar-refractivity contribution in [3.8, 4) is 6.07 Å². The standard InChI is InChI=1S/C16H12ClN3O4/c1-9(21)11-4-14(19-7-11)16(23)24-8-15(22)20-13-5-12(17)3-2-10(13)6-18/h2-5,7,19H,8H2,1H3,(H,20,22). The molecule has 0 aliphatic heterocycles. The summed E-state index contributed by atoms with van der Waals surface area (Å²) in [6.07, 6.45) is 1.38. The van der Waals surface area contributed by atoms with Gasteiger partial charge in [0.05, 0.1) is 11.3 Å². The average molecular weight is 346 g/mol. The second kappa shape index (κ2) is 7.44. The molecule has 24 heavy (non-hydrogen) atoms. The molecule has 2 rings (SSSR count). The summed E-state index contributed by atoms with van der Waals surface area (Å²) in [4.78, 5) is 37.4. The zero-order valence-corrected chi connectivity index (χ0v) is 13.3. The summed E-state index contributed by atoms with van der Waals surface area (Å²) in [7, 11) is 0. The van der Waals surface area contributed by atoms with E-state index >= 15 is 0 Å². The minimum Gasteiger partial charge on any atom is -0.451 e. The van der Waals surface area contributed by atoms with E-state index in [1.54, 1.807) is 0 Å². The number of amides is 1. The molecule has 0 spiro atoms. The molecule has 0 bridgehead atoms. The fourth-order valence-corrected chi connectivity index (χ4v) is 2.00. The number of hydrogen-bond acceptors (Lipinski definition) is 5. The first-order valence-corrected chi connectivity index (χ1v) is 7.14. The lowest BCUT2D eigenvalue weighted by Gasteiger charge is -2.08. The Morgan fingerprint density at radius 2 is 2.08 bits per heavy atom. The van der Waals surface area contributed by atoms with Crippen LogP contribution in [0.1, 0.15) is 33.3 Å². The summed E-state index contributed by atoms with van der Waals surface area (Å²) in [6, 6.07) is 7.66. The van der Waals surface area contributed by atoms with E-state index in [0.29, 0.717) is 10.6 Å². The zero-order valence-electron chi connectivity index (χ0n) is 12.6. The van der Waals surface area contributed by atoms with Crippen LogP contribution in [0, 0.1) is 11.3 Å². The molecule has 122 valence electrons. The van der Waals surface area contributed by atoms with Crippen molar-refractivity contribution in [2.45, 2.75) is 6.92 Å². The van der Waals surface area contributed by atoms with Crippen LogP contribution in [-0.2, 0) is 9.53 Å². The molecule has 0 unspecified atom stereocenters. The Labute approximate surface area is 142 Å². The van der Waals surface area contributed by atoms with E-state index in [2.05, 4.69) is 10.3 Å². The average Bonchev–Trinajstić information content (AvgIpc) is 3.03. The normalized spacial score (nSPS) is 9.88. The highest BCUT2D eigenvalue weighted by Crippen LogP contribution is 2.20. The minimum absolute atomic E-state index is 0.0634. The van der Waals surface area contributed by atoms with E-state index in [4.69, 9.17) is 21.6 Å². The number of halogens is 1. The first-order chi connectivity index (χ1) is 11.4.